The Morgan fingerprint density at radius 1 is 0.757 bits per heavy atom. The molecule has 2 N–H and O–H groups in total. The van der Waals surface area contributed by atoms with Gasteiger partial charge in [0.15, 0.2) is 0 Å². The number of nitrogens with zero attached hydrogens (tertiary/aromatic N) is 1. The van der Waals surface area contributed by atoms with Crippen molar-refractivity contribution in [3.8, 4) is 39.3 Å². The van der Waals surface area contributed by atoms with E-state index in [1.54, 1.807) is 12.3 Å². The van der Waals surface area contributed by atoms with Gasteiger partial charge in [0, 0.05) is 5.56 Å². The second-order valence-corrected chi connectivity index (χ2v) is 10.3. The number of aromatic nitrogens is 1. The SMILES string of the molecule is CNC(c1nc(-c2cc(O)cc(C(C)(C)C)c2)co1)c1c(-c2ccccc2)cccc1-c1ccccc1. The maximum atomic E-state index is 10.4. The lowest BCUT2D eigenvalue weighted by Gasteiger charge is -2.22. The van der Waals surface area contributed by atoms with Gasteiger partial charge in [0.1, 0.15) is 23.7 Å². The quantitative estimate of drug-likeness (QED) is 0.254. The van der Waals surface area contributed by atoms with Crippen molar-refractivity contribution in [2.75, 3.05) is 7.05 Å². The summed E-state index contributed by atoms with van der Waals surface area (Å²) in [6.45, 7) is 6.38. The summed E-state index contributed by atoms with van der Waals surface area (Å²) in [7, 11) is 1.93. The summed E-state index contributed by atoms with van der Waals surface area (Å²) in [5, 5.41) is 13.9. The average Bonchev–Trinajstić information content (AvgIpc) is 3.39. The standard InChI is InChI=1S/C33H32N2O2/c1-33(2,3)25-18-24(19-26(36)20-25)29-21-37-32(35-29)31(34-4)30-27(22-12-7-5-8-13-22)16-11-17-28(30)23-14-9-6-10-15-23/h5-21,31,34,36H,1-4H3. The fraction of sp³-hybridized carbons (Fsp3) is 0.182. The summed E-state index contributed by atoms with van der Waals surface area (Å²) < 4.78 is 6.12. The summed E-state index contributed by atoms with van der Waals surface area (Å²) in [6.07, 6.45) is 1.67. The molecule has 0 aliphatic carbocycles. The minimum Gasteiger partial charge on any atom is -0.508 e. The third-order valence-electron chi connectivity index (χ3n) is 6.70. The number of benzene rings is 4. The summed E-state index contributed by atoms with van der Waals surface area (Å²) >= 11 is 0. The van der Waals surface area contributed by atoms with Gasteiger partial charge in [-0.25, -0.2) is 4.98 Å². The number of phenolic OH excluding ortho intramolecular Hbond substituents is 1. The van der Waals surface area contributed by atoms with Crippen molar-refractivity contribution in [3.63, 3.8) is 0 Å². The lowest BCUT2D eigenvalue weighted by Crippen LogP contribution is -2.20. The third kappa shape index (κ3) is 5.07. The summed E-state index contributed by atoms with van der Waals surface area (Å²) in [6, 6.07) is 32.5. The lowest BCUT2D eigenvalue weighted by atomic mass is 9.85. The number of phenols is 1. The van der Waals surface area contributed by atoms with Crippen molar-refractivity contribution in [2.24, 2.45) is 0 Å². The van der Waals surface area contributed by atoms with Crippen LogP contribution in [0.3, 0.4) is 0 Å². The zero-order valence-electron chi connectivity index (χ0n) is 21.7. The maximum Gasteiger partial charge on any atom is 0.216 e. The highest BCUT2D eigenvalue weighted by atomic mass is 16.3. The van der Waals surface area contributed by atoms with E-state index >= 15 is 0 Å². The second kappa shape index (κ2) is 10.1. The van der Waals surface area contributed by atoms with Crippen molar-refractivity contribution in [1.29, 1.82) is 0 Å². The fourth-order valence-corrected chi connectivity index (χ4v) is 4.75. The minimum atomic E-state index is -0.292. The molecule has 0 amide bonds. The summed E-state index contributed by atoms with van der Waals surface area (Å²) in [5.41, 5.74) is 8.05. The number of nitrogens with one attached hydrogen (secondary N) is 1. The predicted molar refractivity (Wildman–Crippen MR) is 151 cm³/mol. The Bertz CT molecular complexity index is 1440. The van der Waals surface area contributed by atoms with Gasteiger partial charge < -0.3 is 14.8 Å². The van der Waals surface area contributed by atoms with Gasteiger partial charge in [0.2, 0.25) is 5.89 Å². The zero-order valence-corrected chi connectivity index (χ0v) is 21.7. The van der Waals surface area contributed by atoms with Gasteiger partial charge in [-0.3, -0.25) is 0 Å². The molecule has 0 aliphatic heterocycles. The van der Waals surface area contributed by atoms with E-state index in [1.807, 2.05) is 25.2 Å². The van der Waals surface area contributed by atoms with E-state index in [4.69, 9.17) is 9.40 Å². The highest BCUT2D eigenvalue weighted by molar-refractivity contribution is 5.80. The van der Waals surface area contributed by atoms with Crippen molar-refractivity contribution in [2.45, 2.75) is 32.2 Å². The van der Waals surface area contributed by atoms with Gasteiger partial charge in [-0.15, -0.1) is 0 Å². The summed E-state index contributed by atoms with van der Waals surface area (Å²) in [5.74, 6) is 0.789. The van der Waals surface area contributed by atoms with Crippen LogP contribution in [0.25, 0.3) is 33.5 Å². The van der Waals surface area contributed by atoms with Gasteiger partial charge in [-0.1, -0.05) is 99.6 Å². The minimum absolute atomic E-state index is 0.104. The first-order valence-corrected chi connectivity index (χ1v) is 12.6. The van der Waals surface area contributed by atoms with Gasteiger partial charge in [-0.2, -0.15) is 0 Å². The Morgan fingerprint density at radius 2 is 1.35 bits per heavy atom. The maximum absolute atomic E-state index is 10.4. The molecule has 186 valence electrons. The third-order valence-corrected chi connectivity index (χ3v) is 6.70. The van der Waals surface area contributed by atoms with Crippen molar-refractivity contribution < 1.29 is 9.52 Å². The van der Waals surface area contributed by atoms with Crippen molar-refractivity contribution in [1.82, 2.24) is 10.3 Å². The molecule has 1 heterocycles. The molecule has 0 saturated heterocycles. The van der Waals surface area contributed by atoms with Crippen LogP contribution >= 0.6 is 0 Å². The summed E-state index contributed by atoms with van der Waals surface area (Å²) in [4.78, 5) is 4.92. The highest BCUT2D eigenvalue weighted by Gasteiger charge is 2.26. The molecule has 0 fully saturated rings. The van der Waals surface area contributed by atoms with E-state index in [0.29, 0.717) is 11.6 Å². The van der Waals surface area contributed by atoms with E-state index in [-0.39, 0.29) is 17.2 Å². The Morgan fingerprint density at radius 3 is 1.89 bits per heavy atom. The van der Waals surface area contributed by atoms with Crippen LogP contribution in [0.4, 0.5) is 0 Å². The molecule has 1 aromatic heterocycles. The molecule has 0 spiro atoms. The van der Waals surface area contributed by atoms with Crippen LogP contribution in [-0.2, 0) is 5.41 Å². The van der Waals surface area contributed by atoms with Gasteiger partial charge in [0.05, 0.1) is 0 Å². The molecule has 0 radical (unpaired) electrons. The molecular formula is C33H32N2O2. The molecule has 37 heavy (non-hydrogen) atoms. The normalized spacial score (nSPS) is 12.4. The van der Waals surface area contributed by atoms with Crippen LogP contribution in [0.1, 0.15) is 43.8 Å². The van der Waals surface area contributed by atoms with Crippen molar-refractivity contribution >= 4 is 0 Å². The molecule has 0 bridgehead atoms. The lowest BCUT2D eigenvalue weighted by molar-refractivity contribution is 0.448. The fourth-order valence-electron chi connectivity index (χ4n) is 4.75. The molecule has 4 nitrogen and oxygen atoms in total. The van der Waals surface area contributed by atoms with Crippen LogP contribution in [0.15, 0.2) is 108 Å². The first kappa shape index (κ1) is 24.5. The number of aromatic hydroxyl groups is 1. The van der Waals surface area contributed by atoms with Crippen LogP contribution in [0.2, 0.25) is 0 Å². The average molecular weight is 489 g/mol. The van der Waals surface area contributed by atoms with Gasteiger partial charge in [0.25, 0.3) is 0 Å². The van der Waals surface area contributed by atoms with Crippen molar-refractivity contribution in [3.05, 3.63) is 120 Å². The molecule has 4 heteroatoms. The van der Waals surface area contributed by atoms with E-state index in [9.17, 15) is 5.11 Å². The molecule has 5 rings (SSSR count). The van der Waals surface area contributed by atoms with Gasteiger partial charge in [-0.05, 0) is 64.0 Å². The largest absolute Gasteiger partial charge is 0.508 e. The second-order valence-electron chi connectivity index (χ2n) is 10.3. The zero-order chi connectivity index (χ0) is 26.0. The van der Waals surface area contributed by atoms with Crippen LogP contribution in [-0.4, -0.2) is 17.1 Å². The molecule has 4 aromatic carbocycles. The van der Waals surface area contributed by atoms with Crippen LogP contribution in [0, 0.1) is 0 Å². The number of oxazole rings is 1. The number of hydrogen-bond donors (Lipinski definition) is 2. The first-order valence-electron chi connectivity index (χ1n) is 12.6. The Hall–Kier alpha value is -4.15. The molecule has 1 unspecified atom stereocenters. The Kier molecular flexibility index (Phi) is 6.68. The monoisotopic (exact) mass is 488 g/mol. The van der Waals surface area contributed by atoms with Crippen LogP contribution < -0.4 is 5.32 Å². The molecular weight excluding hydrogens is 456 g/mol. The number of rotatable bonds is 6. The highest BCUT2D eigenvalue weighted by Crippen LogP contribution is 2.40. The first-order chi connectivity index (χ1) is 17.8. The predicted octanol–water partition coefficient (Wildman–Crippen LogP) is 7.99. The van der Waals surface area contributed by atoms with E-state index in [0.717, 1.165) is 38.9 Å². The van der Waals surface area contributed by atoms with Crippen LogP contribution in [0.5, 0.6) is 5.75 Å². The Balaban J connectivity index is 1.65. The van der Waals surface area contributed by atoms with Gasteiger partial charge >= 0.3 is 0 Å². The Labute approximate surface area is 218 Å². The molecule has 5 aromatic rings. The molecule has 1 atom stereocenters. The topological polar surface area (TPSA) is 58.3 Å². The van der Waals surface area contributed by atoms with E-state index in [1.165, 1.54) is 0 Å². The molecule has 0 saturated carbocycles. The number of hydrogen-bond acceptors (Lipinski definition) is 4. The molecule has 0 aliphatic rings. The van der Waals surface area contributed by atoms with E-state index in [2.05, 4.69) is 98.9 Å². The van der Waals surface area contributed by atoms with E-state index < -0.39 is 0 Å². The smallest absolute Gasteiger partial charge is 0.216 e.